The molecule has 0 bridgehead atoms. The van der Waals surface area contributed by atoms with Crippen molar-refractivity contribution in [3.63, 3.8) is 0 Å². The third kappa shape index (κ3) is 8.10. The molecule has 9 rings (SSSR count). The summed E-state index contributed by atoms with van der Waals surface area (Å²) in [7, 11) is -2.23. The predicted molar refractivity (Wildman–Crippen MR) is 290 cm³/mol. The van der Waals surface area contributed by atoms with Crippen LogP contribution >= 0.6 is 20.1 Å². The maximum Gasteiger partial charge on any atom is 0.0586 e. The van der Waals surface area contributed by atoms with E-state index in [0.29, 0.717) is 0 Å². The number of anilines is 5. The minimum absolute atomic E-state index is 0.247. The van der Waals surface area contributed by atoms with E-state index in [4.69, 9.17) is 0 Å². The number of fused-ring (bicyclic) bond motifs is 3. The minimum atomic E-state index is -1.17. The Balaban J connectivity index is 0.925. The number of rotatable bonds is 13. The van der Waals surface area contributed by atoms with Crippen LogP contribution in [0.1, 0.15) is 70.1 Å². The number of nitrogens with one attached hydrogen (secondary N) is 1. The molecule has 3 aliphatic rings. The number of allylic oxidation sites excluding steroid dienone is 8. The first-order chi connectivity index (χ1) is 31.5. The lowest BCUT2D eigenvalue weighted by atomic mass is 9.81. The monoisotopic (exact) mass is 888 g/mol. The zero-order chi connectivity index (χ0) is 45.3. The smallest absolute Gasteiger partial charge is 0.0586 e. The Hall–Kier alpha value is -5.94. The molecule has 6 aromatic carbocycles. The van der Waals surface area contributed by atoms with Crippen molar-refractivity contribution < 1.29 is 0 Å². The van der Waals surface area contributed by atoms with Crippen LogP contribution in [0.2, 0.25) is 0 Å². The average Bonchev–Trinajstić information content (AvgIpc) is 3.90. The summed E-state index contributed by atoms with van der Waals surface area (Å²) in [5.74, 6) is 3.71. The maximum absolute atomic E-state index is 4.66. The summed E-state index contributed by atoms with van der Waals surface area (Å²) < 4.78 is 0. The van der Waals surface area contributed by atoms with Crippen LogP contribution in [0.5, 0.6) is 0 Å². The number of hydrogen-bond donors (Lipinski definition) is 1. The molecular formula is C61H64N2S2. The van der Waals surface area contributed by atoms with E-state index in [1.54, 1.807) is 0 Å². The van der Waals surface area contributed by atoms with Gasteiger partial charge in [-0.2, -0.15) is 20.1 Å². The summed E-state index contributed by atoms with van der Waals surface area (Å²) in [6.07, 6.45) is 18.3. The van der Waals surface area contributed by atoms with Crippen molar-refractivity contribution in [2.75, 3.05) is 33.7 Å². The fraction of sp³-hybridized carbons (Fsp3) is 0.213. The van der Waals surface area contributed by atoms with Crippen molar-refractivity contribution in [3.05, 3.63) is 216 Å². The zero-order valence-corrected chi connectivity index (χ0v) is 40.6. The molecule has 2 nitrogen and oxygen atoms in total. The quantitative estimate of drug-likeness (QED) is 0.116. The van der Waals surface area contributed by atoms with E-state index in [1.165, 1.54) is 113 Å². The number of nitrogens with zero attached hydrogens (tertiary/aromatic N) is 1. The van der Waals surface area contributed by atoms with Gasteiger partial charge in [0.1, 0.15) is 0 Å². The molecule has 65 heavy (non-hydrogen) atoms. The van der Waals surface area contributed by atoms with Crippen molar-refractivity contribution in [1.82, 2.24) is 0 Å². The van der Waals surface area contributed by atoms with E-state index >= 15 is 0 Å². The van der Waals surface area contributed by atoms with Gasteiger partial charge in [0.25, 0.3) is 0 Å². The number of para-hydroxylation sites is 3. The van der Waals surface area contributed by atoms with Crippen LogP contribution in [0.15, 0.2) is 214 Å². The van der Waals surface area contributed by atoms with E-state index in [0.717, 1.165) is 22.4 Å². The largest absolute Gasteiger partial charge is 0.355 e. The first kappa shape index (κ1) is 44.3. The standard InChI is InChI=1S/C61H64N2S2/c1-9-11-38-64(8)59-28-16-13-25-56(59)63(57-26-14-17-29-60(57)64)51-36-37-52-46(5)53(61(6,7)54(52)43-51)41-44(3)30-31-47-32-34-48(35-33-47)49-22-20-23-50(42-49)62-55-24-12-15-27-58(55)65(39-18-19-40-65)45(4)21-10-2/h10,12-17,20-37,41-43,62H,2-3,5,9,11,18-19,38-40H2,1,4,6-8H3/b31-30+,45-21+,53-41+. The summed E-state index contributed by atoms with van der Waals surface area (Å²) in [6.45, 7) is 22.5. The normalized spacial score (nSPS) is 18.5. The van der Waals surface area contributed by atoms with Crippen LogP contribution in [0.3, 0.4) is 0 Å². The summed E-state index contributed by atoms with van der Waals surface area (Å²) >= 11 is 0. The average molecular weight is 889 g/mol. The van der Waals surface area contributed by atoms with Gasteiger partial charge in [-0.15, -0.1) is 0 Å². The van der Waals surface area contributed by atoms with E-state index in [-0.39, 0.29) is 5.41 Å². The first-order valence-corrected chi connectivity index (χ1v) is 27.5. The SMILES string of the molecule is C=C/C=C(\C)S1(c2ccccc2Nc2cccc(-c3ccc(/C=C/C(=C)/C=C4\C(=C)c5ccc(N6c7ccccc7S(C)(CCCC)c7ccccc76)cc5C4(C)C)cc3)c2)CCCC1. The predicted octanol–water partition coefficient (Wildman–Crippen LogP) is 18.1. The Morgan fingerprint density at radius 2 is 1.43 bits per heavy atom. The molecule has 0 saturated carbocycles. The van der Waals surface area contributed by atoms with Gasteiger partial charge >= 0.3 is 0 Å². The molecule has 6 aromatic rings. The van der Waals surface area contributed by atoms with Gasteiger partial charge < -0.3 is 10.2 Å². The Morgan fingerprint density at radius 1 is 0.769 bits per heavy atom. The molecule has 2 heterocycles. The van der Waals surface area contributed by atoms with Crippen LogP contribution in [0, 0.1) is 0 Å². The van der Waals surface area contributed by atoms with Gasteiger partial charge in [0.15, 0.2) is 0 Å². The lowest BCUT2D eigenvalue weighted by Crippen LogP contribution is -2.22. The molecule has 0 radical (unpaired) electrons. The molecule has 0 amide bonds. The third-order valence-electron chi connectivity index (χ3n) is 14.1. The molecule has 1 fully saturated rings. The van der Waals surface area contributed by atoms with Crippen LogP contribution in [-0.4, -0.2) is 23.5 Å². The van der Waals surface area contributed by atoms with E-state index < -0.39 is 20.1 Å². The second-order valence-electron chi connectivity index (χ2n) is 18.6. The van der Waals surface area contributed by atoms with Crippen molar-refractivity contribution >= 4 is 60.1 Å². The molecule has 4 heteroatoms. The number of hydrogen-bond acceptors (Lipinski definition) is 2. The molecule has 2 aliphatic heterocycles. The van der Waals surface area contributed by atoms with Crippen LogP contribution < -0.4 is 10.2 Å². The van der Waals surface area contributed by atoms with Crippen LogP contribution in [0.25, 0.3) is 22.8 Å². The van der Waals surface area contributed by atoms with Crippen molar-refractivity contribution in [1.29, 1.82) is 0 Å². The maximum atomic E-state index is 4.66. The van der Waals surface area contributed by atoms with Crippen LogP contribution in [-0.2, 0) is 5.41 Å². The highest BCUT2D eigenvalue weighted by molar-refractivity contribution is 8.37. The Morgan fingerprint density at radius 3 is 2.11 bits per heavy atom. The minimum Gasteiger partial charge on any atom is -0.355 e. The molecular weight excluding hydrogens is 825 g/mol. The highest BCUT2D eigenvalue weighted by Crippen LogP contribution is 2.70. The van der Waals surface area contributed by atoms with Crippen molar-refractivity contribution in [2.45, 2.75) is 73.5 Å². The van der Waals surface area contributed by atoms with E-state index in [9.17, 15) is 0 Å². The molecule has 1 aliphatic carbocycles. The summed E-state index contributed by atoms with van der Waals surface area (Å²) in [5.41, 5.74) is 15.1. The Labute approximate surface area is 392 Å². The number of unbranched alkanes of at least 4 members (excludes halogenated alkanes) is 1. The van der Waals surface area contributed by atoms with Gasteiger partial charge in [-0.3, -0.25) is 0 Å². The van der Waals surface area contributed by atoms with Gasteiger partial charge in [0.2, 0.25) is 0 Å². The summed E-state index contributed by atoms with van der Waals surface area (Å²) in [6, 6.07) is 51.8. The molecule has 0 spiro atoms. The molecule has 1 saturated heterocycles. The van der Waals surface area contributed by atoms with Gasteiger partial charge in [-0.1, -0.05) is 156 Å². The van der Waals surface area contributed by atoms with Crippen molar-refractivity contribution in [3.8, 4) is 11.1 Å². The lowest BCUT2D eigenvalue weighted by Gasteiger charge is -2.47. The van der Waals surface area contributed by atoms with Gasteiger partial charge in [0.05, 0.1) is 17.1 Å². The molecule has 0 atom stereocenters. The third-order valence-corrected chi connectivity index (χ3v) is 22.3. The number of benzene rings is 6. The summed E-state index contributed by atoms with van der Waals surface area (Å²) in [5, 5.41) is 3.84. The van der Waals surface area contributed by atoms with E-state index in [1.807, 2.05) is 6.08 Å². The fourth-order valence-corrected chi connectivity index (χ4v) is 18.3. The highest BCUT2D eigenvalue weighted by atomic mass is 32.3. The zero-order valence-electron chi connectivity index (χ0n) is 39.0. The second-order valence-corrected chi connectivity index (χ2v) is 25.7. The molecule has 0 unspecified atom stereocenters. The van der Waals surface area contributed by atoms with Crippen molar-refractivity contribution in [2.24, 2.45) is 0 Å². The Kier molecular flexibility index (Phi) is 12.4. The fourth-order valence-electron chi connectivity index (χ4n) is 10.5. The van der Waals surface area contributed by atoms with Crippen LogP contribution in [0.4, 0.5) is 28.4 Å². The first-order valence-electron chi connectivity index (χ1n) is 23.3. The molecule has 0 aromatic heterocycles. The molecule has 330 valence electrons. The highest BCUT2D eigenvalue weighted by Gasteiger charge is 2.40. The topological polar surface area (TPSA) is 15.3 Å². The van der Waals surface area contributed by atoms with Gasteiger partial charge in [0, 0.05) is 31.5 Å². The second kappa shape index (κ2) is 18.1. The van der Waals surface area contributed by atoms with Gasteiger partial charge in [-0.25, -0.2) is 0 Å². The van der Waals surface area contributed by atoms with Gasteiger partial charge in [-0.05, 0) is 160 Å². The lowest BCUT2D eigenvalue weighted by molar-refractivity contribution is 0.660. The van der Waals surface area contributed by atoms with E-state index in [2.05, 4.69) is 228 Å². The molecule has 1 N–H and O–H groups in total. The summed E-state index contributed by atoms with van der Waals surface area (Å²) in [4.78, 5) is 8.41. The Bertz CT molecular complexity index is 2850.